The van der Waals surface area contributed by atoms with Gasteiger partial charge in [0.2, 0.25) is 23.2 Å². The first kappa shape index (κ1) is 42.6. The van der Waals surface area contributed by atoms with Gasteiger partial charge in [-0.05, 0) is 37.8 Å². The van der Waals surface area contributed by atoms with E-state index in [1.165, 1.54) is 17.2 Å². The number of carboxylic acid groups (broad SMARTS) is 5. The highest BCUT2D eigenvalue weighted by atomic mass is 19.1. The number of aliphatic carboxylic acids is 4. The Morgan fingerprint density at radius 3 is 1.86 bits per heavy atom. The molecule has 21 nitrogen and oxygen atoms in total. The highest BCUT2D eigenvalue weighted by Gasteiger charge is 2.43. The summed E-state index contributed by atoms with van der Waals surface area (Å²) in [5.41, 5.74) is -6.90. The second-order valence-electron chi connectivity index (χ2n) is 13.7. The van der Waals surface area contributed by atoms with Gasteiger partial charge >= 0.3 is 29.8 Å². The van der Waals surface area contributed by atoms with Crippen LogP contribution >= 0.6 is 0 Å². The molecule has 1 aromatic carbocycles. The van der Waals surface area contributed by atoms with Gasteiger partial charge in [0.1, 0.15) is 17.4 Å². The quantitative estimate of drug-likeness (QED) is 0.0736. The highest BCUT2D eigenvalue weighted by Crippen LogP contribution is 2.38. The van der Waals surface area contributed by atoms with Crippen molar-refractivity contribution in [2.24, 2.45) is 0 Å². The summed E-state index contributed by atoms with van der Waals surface area (Å²) in [6.07, 6.45) is -2.71. The van der Waals surface area contributed by atoms with Crippen LogP contribution in [0.2, 0.25) is 0 Å². The van der Waals surface area contributed by atoms with Gasteiger partial charge in [-0.3, -0.25) is 28.8 Å². The first-order valence-electron chi connectivity index (χ1n) is 17.2. The lowest BCUT2D eigenvalue weighted by Crippen LogP contribution is -2.56. The summed E-state index contributed by atoms with van der Waals surface area (Å²) in [5, 5.41) is 71.0. The first-order chi connectivity index (χ1) is 26.2. The van der Waals surface area contributed by atoms with Crippen molar-refractivity contribution in [3.8, 4) is 0 Å². The highest BCUT2D eigenvalue weighted by molar-refractivity contribution is 5.95. The molecule has 1 aliphatic carbocycles. The summed E-state index contributed by atoms with van der Waals surface area (Å²) in [6, 6.07) is 0.873. The molecule has 2 fully saturated rings. The van der Waals surface area contributed by atoms with E-state index in [1.807, 2.05) is 0 Å². The number of nitrogens with zero attached hydrogens (tertiary/aromatic N) is 3. The van der Waals surface area contributed by atoms with Gasteiger partial charge in [-0.2, -0.15) is 0 Å². The molecule has 56 heavy (non-hydrogen) atoms. The van der Waals surface area contributed by atoms with Crippen LogP contribution in [0, 0.1) is 5.82 Å². The number of amides is 3. The number of piperazine rings is 1. The van der Waals surface area contributed by atoms with Crippen molar-refractivity contribution >= 4 is 64.2 Å². The molecular formula is C34H40FN5O16. The molecule has 2 unspecified atom stereocenters. The van der Waals surface area contributed by atoms with Crippen molar-refractivity contribution in [3.63, 3.8) is 0 Å². The van der Waals surface area contributed by atoms with Gasteiger partial charge in [0, 0.05) is 50.3 Å². The normalized spacial score (nSPS) is 16.9. The number of nitrogens with one attached hydrogen (secondary N) is 2. The Balaban J connectivity index is 1.48. The summed E-state index contributed by atoms with van der Waals surface area (Å²) in [6.45, 7) is -0.323. The largest absolute Gasteiger partial charge is 0.481 e. The molecule has 3 amide bonds. The number of benzene rings is 1. The predicted octanol–water partition coefficient (Wildman–Crippen LogP) is -1.44. The number of halogens is 1. The third kappa shape index (κ3) is 10.1. The fraction of sp³-hybridized carbons (Fsp3) is 0.500. The van der Waals surface area contributed by atoms with Crippen molar-refractivity contribution in [3.05, 3.63) is 39.9 Å². The molecule has 304 valence electrons. The number of hydrogen-bond acceptors (Lipinski definition) is 12. The van der Waals surface area contributed by atoms with E-state index in [4.69, 9.17) is 10.2 Å². The summed E-state index contributed by atoms with van der Waals surface area (Å²) >= 11 is 0. The van der Waals surface area contributed by atoms with Crippen LogP contribution in [-0.4, -0.2) is 143 Å². The average Bonchev–Trinajstić information content (AvgIpc) is 3.94. The zero-order chi connectivity index (χ0) is 41.7. The number of hydrogen-bond donors (Lipinski definition) is 9. The Kier molecular flexibility index (Phi) is 13.0. The third-order valence-electron chi connectivity index (χ3n) is 9.42. The van der Waals surface area contributed by atoms with Gasteiger partial charge in [0.15, 0.2) is 11.2 Å². The molecule has 0 radical (unpaired) electrons. The van der Waals surface area contributed by atoms with Crippen LogP contribution in [0.1, 0.15) is 67.8 Å². The number of aliphatic hydroxyl groups is 2. The van der Waals surface area contributed by atoms with Crippen LogP contribution in [-0.2, 0) is 33.6 Å². The number of anilines is 1. The zero-order valence-electron chi connectivity index (χ0n) is 29.6. The Labute approximate surface area is 314 Å². The summed E-state index contributed by atoms with van der Waals surface area (Å²) in [7, 11) is 0. The molecule has 1 saturated carbocycles. The number of aromatic carboxylic acids is 1. The molecule has 2 aliphatic rings. The first-order valence-corrected chi connectivity index (χ1v) is 17.2. The fourth-order valence-corrected chi connectivity index (χ4v) is 6.35. The van der Waals surface area contributed by atoms with Crippen LogP contribution in [0.4, 0.5) is 10.1 Å². The van der Waals surface area contributed by atoms with E-state index in [9.17, 15) is 68.7 Å². The van der Waals surface area contributed by atoms with E-state index in [2.05, 4.69) is 10.6 Å². The summed E-state index contributed by atoms with van der Waals surface area (Å²) < 4.78 is 17.1. The molecule has 1 saturated heterocycles. The van der Waals surface area contributed by atoms with Crippen LogP contribution in [0.5, 0.6) is 0 Å². The molecule has 22 heteroatoms. The van der Waals surface area contributed by atoms with Gasteiger partial charge in [-0.25, -0.2) is 18.8 Å². The van der Waals surface area contributed by atoms with Gasteiger partial charge in [-0.15, -0.1) is 0 Å². The summed E-state index contributed by atoms with van der Waals surface area (Å²) in [4.78, 5) is 112. The molecule has 4 rings (SSSR count). The van der Waals surface area contributed by atoms with E-state index in [0.717, 1.165) is 18.9 Å². The molecule has 0 spiro atoms. The van der Waals surface area contributed by atoms with Crippen LogP contribution in [0.3, 0.4) is 0 Å². The Hall–Kier alpha value is -6.16. The molecular weight excluding hydrogens is 753 g/mol. The van der Waals surface area contributed by atoms with Crippen molar-refractivity contribution < 1.29 is 78.5 Å². The number of carboxylic acids is 5. The maximum Gasteiger partial charge on any atom is 0.341 e. The Morgan fingerprint density at radius 1 is 0.804 bits per heavy atom. The van der Waals surface area contributed by atoms with Crippen LogP contribution < -0.4 is 21.0 Å². The van der Waals surface area contributed by atoms with Gasteiger partial charge < -0.3 is 60.7 Å². The fourth-order valence-electron chi connectivity index (χ4n) is 6.35. The van der Waals surface area contributed by atoms with Crippen LogP contribution in [0.25, 0.3) is 10.9 Å². The summed E-state index contributed by atoms with van der Waals surface area (Å²) in [5.74, 6) is -12.7. The molecule has 3 atom stereocenters. The molecule has 1 aromatic heterocycles. The minimum absolute atomic E-state index is 0.0337. The Morgan fingerprint density at radius 2 is 1.36 bits per heavy atom. The smallest absolute Gasteiger partial charge is 0.341 e. The Bertz CT molecular complexity index is 2010. The minimum atomic E-state index is -3.04. The number of pyridine rings is 1. The second-order valence-corrected chi connectivity index (χ2v) is 13.7. The van der Waals surface area contributed by atoms with E-state index in [0.29, 0.717) is 5.52 Å². The topological polar surface area (TPSA) is 331 Å². The molecule has 0 bridgehead atoms. The number of carbonyl (C=O) groups is 8. The van der Waals surface area contributed by atoms with Gasteiger partial charge in [-0.1, -0.05) is 0 Å². The van der Waals surface area contributed by atoms with Crippen molar-refractivity contribution in [2.75, 3.05) is 37.6 Å². The maximum atomic E-state index is 15.5. The van der Waals surface area contributed by atoms with Gasteiger partial charge in [0.05, 0.1) is 36.9 Å². The van der Waals surface area contributed by atoms with Gasteiger partial charge in [0.25, 0.3) is 0 Å². The van der Waals surface area contributed by atoms with Crippen molar-refractivity contribution in [2.45, 2.75) is 74.7 Å². The molecule has 9 N–H and O–H groups in total. The molecule has 2 heterocycles. The molecule has 1 aliphatic heterocycles. The van der Waals surface area contributed by atoms with E-state index >= 15 is 4.39 Å². The van der Waals surface area contributed by atoms with Crippen molar-refractivity contribution in [1.29, 1.82) is 0 Å². The number of rotatable bonds is 19. The average molecular weight is 794 g/mol. The van der Waals surface area contributed by atoms with E-state index in [1.54, 1.807) is 9.47 Å². The SMILES string of the molecule is O=C(O)CC(O)(CC(=O)NCCC[C@@H](NC(=O)CC(O)(CC(=O)O)C(=O)O)C(=O)N1CCN(c2cc3c(cc2F)c(=O)c(C(=O)O)cn3C2CC2)CC1)C(=O)O. The van der Waals surface area contributed by atoms with E-state index < -0.39 is 107 Å². The second kappa shape index (κ2) is 17.1. The third-order valence-corrected chi connectivity index (χ3v) is 9.42. The predicted molar refractivity (Wildman–Crippen MR) is 185 cm³/mol. The zero-order valence-corrected chi connectivity index (χ0v) is 29.6. The van der Waals surface area contributed by atoms with Crippen molar-refractivity contribution in [1.82, 2.24) is 20.1 Å². The minimum Gasteiger partial charge on any atom is -0.481 e. The lowest BCUT2D eigenvalue weighted by atomic mass is 9.95. The van der Waals surface area contributed by atoms with E-state index in [-0.39, 0.29) is 62.7 Å². The number of aromatic nitrogens is 1. The standard InChI is InChI=1S/C34H40FN5O16/c35-20-10-18-22(40(17-3-4-17)16-19(28(18)47)30(49)50)11-23(20)38-6-8-39(9-7-38)29(48)21(37-25(42)13-34(56,32(53)54)15-27(45)46)2-1-5-36-24(41)12-33(55,31(51)52)14-26(43)44/h10-11,16-17,21,55-56H,1-9,12-15H2,(H,36,41)(H,37,42)(H,43,44)(H,45,46)(H,49,50)(H,51,52)(H,53,54)/t21-,33?,34?/m1/s1. The lowest BCUT2D eigenvalue weighted by Gasteiger charge is -2.38. The van der Waals surface area contributed by atoms with Crippen LogP contribution in [0.15, 0.2) is 23.1 Å². The number of carbonyl (C=O) groups excluding carboxylic acids is 3. The molecule has 2 aromatic rings. The number of fused-ring (bicyclic) bond motifs is 1. The maximum absolute atomic E-state index is 15.5. The monoisotopic (exact) mass is 793 g/mol. The lowest BCUT2D eigenvalue weighted by molar-refractivity contribution is -0.167.